The molecule has 2 aromatic rings. The molecular weight excluding hydrogens is 406 g/mol. The number of imide groups is 1. The summed E-state index contributed by atoms with van der Waals surface area (Å²) in [5, 5.41) is 4.74. The summed E-state index contributed by atoms with van der Waals surface area (Å²) in [6.45, 7) is 3.62. The highest BCUT2D eigenvalue weighted by Crippen LogP contribution is 2.31. The molecule has 1 fully saturated rings. The molecule has 30 heavy (non-hydrogen) atoms. The minimum absolute atomic E-state index is 0.0422. The zero-order chi connectivity index (χ0) is 21.7. The van der Waals surface area contributed by atoms with E-state index in [9.17, 15) is 19.2 Å². The molecule has 2 heterocycles. The molecule has 0 saturated carbocycles. The number of amides is 4. The Labute approximate surface area is 177 Å². The van der Waals surface area contributed by atoms with Crippen molar-refractivity contribution in [3.63, 3.8) is 0 Å². The van der Waals surface area contributed by atoms with Gasteiger partial charge in [0.2, 0.25) is 5.91 Å². The van der Waals surface area contributed by atoms with Crippen LogP contribution >= 0.6 is 11.8 Å². The topological polar surface area (TPSA) is 109 Å². The monoisotopic (exact) mass is 427 g/mol. The molecule has 1 unspecified atom stereocenters. The Morgan fingerprint density at radius 1 is 1.20 bits per heavy atom. The van der Waals surface area contributed by atoms with E-state index in [0.29, 0.717) is 4.91 Å². The highest BCUT2D eigenvalue weighted by molar-refractivity contribution is 8.18. The summed E-state index contributed by atoms with van der Waals surface area (Å²) < 4.78 is 4.97. The van der Waals surface area contributed by atoms with Crippen LogP contribution in [-0.4, -0.2) is 47.0 Å². The van der Waals surface area contributed by atoms with E-state index < -0.39 is 17.9 Å². The third-order valence-electron chi connectivity index (χ3n) is 4.37. The number of nitrogens with zero attached hydrogens (tertiary/aromatic N) is 1. The normalized spacial score (nSPS) is 16.1. The van der Waals surface area contributed by atoms with Crippen molar-refractivity contribution in [2.75, 3.05) is 13.1 Å². The first-order valence-electron chi connectivity index (χ1n) is 9.29. The molecule has 0 aliphatic carbocycles. The summed E-state index contributed by atoms with van der Waals surface area (Å²) in [6.07, 6.45) is 3.04. The maximum atomic E-state index is 12.5. The second-order valence-corrected chi connectivity index (χ2v) is 7.70. The zero-order valence-corrected chi connectivity index (χ0v) is 17.3. The van der Waals surface area contributed by atoms with Crippen LogP contribution in [0, 0.1) is 6.92 Å². The molecule has 1 aliphatic heterocycles. The van der Waals surface area contributed by atoms with Gasteiger partial charge < -0.3 is 15.1 Å². The van der Waals surface area contributed by atoms with Gasteiger partial charge in [-0.3, -0.25) is 24.1 Å². The van der Waals surface area contributed by atoms with Crippen LogP contribution in [0.15, 0.2) is 52.0 Å². The van der Waals surface area contributed by atoms with E-state index in [1.54, 1.807) is 12.1 Å². The van der Waals surface area contributed by atoms with Crippen LogP contribution in [0.3, 0.4) is 0 Å². The lowest BCUT2D eigenvalue weighted by atomic mass is 10.1. The predicted molar refractivity (Wildman–Crippen MR) is 113 cm³/mol. The number of hydrogen-bond donors (Lipinski definition) is 2. The van der Waals surface area contributed by atoms with Crippen molar-refractivity contribution in [3.8, 4) is 0 Å². The van der Waals surface area contributed by atoms with Gasteiger partial charge in [0, 0.05) is 13.1 Å². The number of rotatable bonds is 7. The predicted octanol–water partition coefficient (Wildman–Crippen LogP) is 2.56. The molecular formula is C21H21N3O5S. The summed E-state index contributed by atoms with van der Waals surface area (Å²) in [7, 11) is 0. The van der Waals surface area contributed by atoms with Crippen LogP contribution < -0.4 is 10.6 Å². The van der Waals surface area contributed by atoms with E-state index in [4.69, 9.17) is 4.42 Å². The summed E-state index contributed by atoms with van der Waals surface area (Å²) in [6, 6.07) is 9.87. The van der Waals surface area contributed by atoms with Crippen molar-refractivity contribution < 1.29 is 23.6 Å². The van der Waals surface area contributed by atoms with E-state index in [1.807, 2.05) is 31.2 Å². The van der Waals surface area contributed by atoms with Gasteiger partial charge in [-0.1, -0.05) is 29.8 Å². The van der Waals surface area contributed by atoms with Crippen LogP contribution in [0.2, 0.25) is 0 Å². The Morgan fingerprint density at radius 3 is 2.60 bits per heavy atom. The molecule has 9 heteroatoms. The molecule has 0 radical (unpaired) electrons. The Kier molecular flexibility index (Phi) is 6.73. The lowest BCUT2D eigenvalue weighted by molar-refractivity contribution is -0.124. The average molecular weight is 427 g/mol. The summed E-state index contributed by atoms with van der Waals surface area (Å²) in [4.78, 5) is 50.2. The quantitative estimate of drug-likeness (QED) is 0.658. The number of thioether (sulfide) groups is 1. The van der Waals surface area contributed by atoms with Crippen molar-refractivity contribution >= 4 is 40.8 Å². The number of nitrogens with one attached hydrogen (secondary N) is 2. The van der Waals surface area contributed by atoms with Gasteiger partial charge in [0.1, 0.15) is 6.04 Å². The minimum atomic E-state index is -0.807. The fraction of sp³-hybridized carbons (Fsp3) is 0.238. The Bertz CT molecular complexity index is 983. The first kappa shape index (κ1) is 21.4. The number of furan rings is 1. The smallest absolute Gasteiger partial charge is 0.293 e. The molecule has 8 nitrogen and oxygen atoms in total. The Hall–Kier alpha value is -3.33. The lowest BCUT2D eigenvalue weighted by Gasteiger charge is -2.16. The molecule has 3 rings (SSSR count). The number of carbonyl (C=O) groups is 4. The lowest BCUT2D eigenvalue weighted by Crippen LogP contribution is -2.46. The minimum Gasteiger partial charge on any atom is -0.459 e. The molecule has 0 bridgehead atoms. The number of benzene rings is 1. The maximum absolute atomic E-state index is 12.5. The fourth-order valence-corrected chi connectivity index (χ4v) is 3.56. The van der Waals surface area contributed by atoms with Crippen molar-refractivity contribution in [1.29, 1.82) is 0 Å². The highest BCUT2D eigenvalue weighted by Gasteiger charge is 2.34. The zero-order valence-electron chi connectivity index (χ0n) is 16.5. The molecule has 1 atom stereocenters. The van der Waals surface area contributed by atoms with Gasteiger partial charge in [0.25, 0.3) is 17.1 Å². The van der Waals surface area contributed by atoms with E-state index in [0.717, 1.165) is 27.8 Å². The van der Waals surface area contributed by atoms with Gasteiger partial charge in [-0.25, -0.2) is 0 Å². The van der Waals surface area contributed by atoms with Gasteiger partial charge in [-0.2, -0.15) is 0 Å². The largest absolute Gasteiger partial charge is 0.459 e. The van der Waals surface area contributed by atoms with Gasteiger partial charge >= 0.3 is 0 Å². The van der Waals surface area contributed by atoms with Gasteiger partial charge in [0.05, 0.1) is 11.2 Å². The Morgan fingerprint density at radius 2 is 1.93 bits per heavy atom. The first-order chi connectivity index (χ1) is 14.3. The Balaban J connectivity index is 1.50. The third-order valence-corrected chi connectivity index (χ3v) is 5.28. The molecule has 4 amide bonds. The fourth-order valence-electron chi connectivity index (χ4n) is 2.69. The van der Waals surface area contributed by atoms with Crippen LogP contribution in [0.1, 0.15) is 28.6 Å². The third kappa shape index (κ3) is 5.18. The average Bonchev–Trinajstić information content (AvgIpc) is 3.34. The van der Waals surface area contributed by atoms with Crippen LogP contribution in [-0.2, 0) is 9.59 Å². The van der Waals surface area contributed by atoms with Crippen molar-refractivity contribution in [2.45, 2.75) is 19.9 Å². The van der Waals surface area contributed by atoms with E-state index in [2.05, 4.69) is 10.6 Å². The SMILES string of the molecule is Cc1ccc(C=C2SC(=O)N(CCNC(=O)C(C)NC(=O)c3ccco3)C2=O)cc1. The standard InChI is InChI=1S/C21H21N3O5S/c1-13-5-7-15(8-6-13)12-17-20(27)24(21(28)30-17)10-9-22-18(25)14(2)23-19(26)16-4-3-11-29-16/h3-8,11-12,14H,9-10H2,1-2H3,(H,22,25)(H,23,26). The highest BCUT2D eigenvalue weighted by atomic mass is 32.2. The molecule has 156 valence electrons. The number of hydrogen-bond acceptors (Lipinski definition) is 6. The van der Waals surface area contributed by atoms with Crippen LogP contribution in [0.25, 0.3) is 6.08 Å². The molecule has 1 aromatic heterocycles. The van der Waals surface area contributed by atoms with Gasteiger partial charge in [-0.15, -0.1) is 0 Å². The van der Waals surface area contributed by atoms with Crippen molar-refractivity contribution in [3.05, 3.63) is 64.5 Å². The van der Waals surface area contributed by atoms with E-state index in [-0.39, 0.29) is 30.0 Å². The van der Waals surface area contributed by atoms with E-state index in [1.165, 1.54) is 19.3 Å². The molecule has 2 N–H and O–H groups in total. The molecule has 1 saturated heterocycles. The number of carbonyl (C=O) groups excluding carboxylic acids is 4. The van der Waals surface area contributed by atoms with Gasteiger partial charge in [-0.05, 0) is 49.4 Å². The second kappa shape index (κ2) is 9.45. The summed E-state index contributed by atoms with van der Waals surface area (Å²) in [5.74, 6) is -1.22. The summed E-state index contributed by atoms with van der Waals surface area (Å²) in [5.41, 5.74) is 1.94. The van der Waals surface area contributed by atoms with Crippen LogP contribution in [0.4, 0.5) is 4.79 Å². The van der Waals surface area contributed by atoms with Crippen molar-refractivity contribution in [2.24, 2.45) is 0 Å². The summed E-state index contributed by atoms with van der Waals surface area (Å²) >= 11 is 0.871. The first-order valence-corrected chi connectivity index (χ1v) is 10.1. The van der Waals surface area contributed by atoms with Gasteiger partial charge in [0.15, 0.2) is 5.76 Å². The molecule has 1 aromatic carbocycles. The molecule has 0 spiro atoms. The number of aryl methyl sites for hydroxylation is 1. The van der Waals surface area contributed by atoms with Crippen molar-refractivity contribution in [1.82, 2.24) is 15.5 Å². The van der Waals surface area contributed by atoms with E-state index >= 15 is 0 Å². The van der Waals surface area contributed by atoms with Crippen LogP contribution in [0.5, 0.6) is 0 Å². The maximum Gasteiger partial charge on any atom is 0.293 e. The second-order valence-electron chi connectivity index (χ2n) is 6.71. The molecule has 1 aliphatic rings.